The number of carbonyl (C=O) groups excluding carboxylic acids is 2. The van der Waals surface area contributed by atoms with Crippen molar-refractivity contribution in [2.24, 2.45) is 0 Å². The number of amides is 1. The Hall–Kier alpha value is -1.49. The summed E-state index contributed by atoms with van der Waals surface area (Å²) in [5.41, 5.74) is 1.20. The number of ether oxygens (including phenoxy) is 1. The van der Waals surface area contributed by atoms with Gasteiger partial charge in [0.05, 0.1) is 6.04 Å². The third kappa shape index (κ3) is 6.52. The maximum absolute atomic E-state index is 12.3. The molecule has 22 heavy (non-hydrogen) atoms. The minimum atomic E-state index is -0.620. The molecule has 0 aliphatic carbocycles. The maximum Gasteiger partial charge on any atom is 0.408 e. The molecule has 0 aliphatic rings. The molecule has 1 aromatic rings. The van der Waals surface area contributed by atoms with Gasteiger partial charge in [-0.15, -0.1) is 0 Å². The highest BCUT2D eigenvalue weighted by Gasteiger charge is 2.21. The normalized spacial score (nSPS) is 12.6. The topological polar surface area (TPSA) is 55.4 Å². The van der Waals surface area contributed by atoms with Crippen molar-refractivity contribution < 1.29 is 14.3 Å². The maximum atomic E-state index is 12.3. The molecule has 1 rings (SSSR count). The summed E-state index contributed by atoms with van der Waals surface area (Å²) in [4.78, 5) is 24.0. The molecule has 5 heteroatoms. The van der Waals surface area contributed by atoms with E-state index in [0.29, 0.717) is 5.56 Å². The number of Topliss-reactive ketones (excluding diaryl/α,β-unsaturated/α-hetero) is 1. The van der Waals surface area contributed by atoms with Gasteiger partial charge in [-0.1, -0.05) is 31.2 Å². The number of benzene rings is 1. The van der Waals surface area contributed by atoms with Gasteiger partial charge in [-0.05, 0) is 39.0 Å². The Morgan fingerprint density at radius 1 is 1.23 bits per heavy atom. The van der Waals surface area contributed by atoms with Crippen molar-refractivity contribution in [1.29, 1.82) is 0 Å². The number of thioether (sulfide) groups is 1. The second-order valence-electron chi connectivity index (χ2n) is 6.07. The van der Waals surface area contributed by atoms with Crippen LogP contribution in [0.3, 0.4) is 0 Å². The van der Waals surface area contributed by atoms with Gasteiger partial charge in [0.25, 0.3) is 0 Å². The number of nitrogens with one attached hydrogen (secondary N) is 1. The van der Waals surface area contributed by atoms with Gasteiger partial charge in [0.1, 0.15) is 5.60 Å². The molecule has 1 N–H and O–H groups in total. The fourth-order valence-electron chi connectivity index (χ4n) is 1.79. The number of rotatable bonds is 6. The van der Waals surface area contributed by atoms with Crippen LogP contribution in [0.5, 0.6) is 0 Å². The van der Waals surface area contributed by atoms with Crippen molar-refractivity contribution in [3.8, 4) is 0 Å². The lowest BCUT2D eigenvalue weighted by Crippen LogP contribution is -2.41. The molecular weight excluding hydrogens is 298 g/mol. The predicted octanol–water partition coefficient (Wildman–Crippen LogP) is 4.04. The lowest BCUT2D eigenvalue weighted by Gasteiger charge is -2.21. The third-order valence-corrected chi connectivity index (χ3v) is 3.78. The zero-order chi connectivity index (χ0) is 16.8. The molecule has 0 fully saturated rings. The summed E-state index contributed by atoms with van der Waals surface area (Å²) in [5, 5.41) is 2.57. The van der Waals surface area contributed by atoms with Crippen molar-refractivity contribution in [3.63, 3.8) is 0 Å². The minimum Gasteiger partial charge on any atom is -0.444 e. The summed E-state index contributed by atoms with van der Waals surface area (Å²) in [7, 11) is 0. The van der Waals surface area contributed by atoms with E-state index in [-0.39, 0.29) is 5.78 Å². The second kappa shape index (κ2) is 8.22. The van der Waals surface area contributed by atoms with E-state index in [2.05, 4.69) is 12.2 Å². The van der Waals surface area contributed by atoms with E-state index in [1.165, 1.54) is 5.56 Å². The fourth-order valence-corrected chi connectivity index (χ4v) is 2.42. The molecule has 1 atom stereocenters. The van der Waals surface area contributed by atoms with E-state index in [4.69, 9.17) is 4.74 Å². The number of carbonyl (C=O) groups is 2. The highest BCUT2D eigenvalue weighted by Crippen LogP contribution is 2.14. The second-order valence-corrected chi connectivity index (χ2v) is 7.34. The highest BCUT2D eigenvalue weighted by molar-refractivity contribution is 7.98. The van der Waals surface area contributed by atoms with Crippen LogP contribution in [0.1, 0.15) is 50.5 Å². The molecule has 1 amide bonds. The molecule has 4 nitrogen and oxygen atoms in total. The van der Waals surface area contributed by atoms with Gasteiger partial charge < -0.3 is 10.1 Å². The van der Waals surface area contributed by atoms with Crippen molar-refractivity contribution in [3.05, 3.63) is 35.4 Å². The molecule has 0 aromatic heterocycles. The SMILES string of the molecule is CCSCc1ccc(C(=O)C(C)NC(=O)OC(C)(C)C)cc1. The van der Waals surface area contributed by atoms with Gasteiger partial charge in [-0.3, -0.25) is 4.79 Å². The number of hydrogen-bond donors (Lipinski definition) is 1. The Morgan fingerprint density at radius 2 is 1.82 bits per heavy atom. The Labute approximate surface area is 137 Å². The first-order valence-corrected chi connectivity index (χ1v) is 8.59. The van der Waals surface area contributed by atoms with Crippen LogP contribution in [0, 0.1) is 0 Å². The number of hydrogen-bond acceptors (Lipinski definition) is 4. The van der Waals surface area contributed by atoms with Crippen LogP contribution >= 0.6 is 11.8 Å². The van der Waals surface area contributed by atoms with E-state index in [0.717, 1.165) is 11.5 Å². The number of ketones is 1. The van der Waals surface area contributed by atoms with Crippen LogP contribution in [-0.2, 0) is 10.5 Å². The van der Waals surface area contributed by atoms with Crippen molar-refractivity contribution >= 4 is 23.6 Å². The molecule has 1 aromatic carbocycles. The average molecular weight is 323 g/mol. The molecule has 122 valence electrons. The summed E-state index contributed by atoms with van der Waals surface area (Å²) in [6, 6.07) is 6.90. The molecule has 0 saturated heterocycles. The lowest BCUT2D eigenvalue weighted by atomic mass is 10.0. The molecular formula is C17H25NO3S. The van der Waals surface area contributed by atoms with E-state index in [9.17, 15) is 9.59 Å². The summed E-state index contributed by atoms with van der Waals surface area (Å²) < 4.78 is 5.15. The standard InChI is InChI=1S/C17H25NO3S/c1-6-22-11-13-7-9-14(10-8-13)15(19)12(2)18-16(20)21-17(3,4)5/h7-10,12H,6,11H2,1-5H3,(H,18,20). The Morgan fingerprint density at radius 3 is 2.32 bits per heavy atom. The van der Waals surface area contributed by atoms with Crippen molar-refractivity contribution in [2.75, 3.05) is 5.75 Å². The zero-order valence-corrected chi connectivity index (χ0v) is 14.8. The molecule has 0 saturated carbocycles. The third-order valence-electron chi connectivity index (χ3n) is 2.84. The fraction of sp³-hybridized carbons (Fsp3) is 0.529. The van der Waals surface area contributed by atoms with Gasteiger partial charge in [-0.2, -0.15) is 11.8 Å². The first-order chi connectivity index (χ1) is 10.2. The predicted molar refractivity (Wildman–Crippen MR) is 91.4 cm³/mol. The van der Waals surface area contributed by atoms with Crippen LogP contribution in [-0.4, -0.2) is 29.3 Å². The highest BCUT2D eigenvalue weighted by atomic mass is 32.2. The summed E-state index contributed by atoms with van der Waals surface area (Å²) in [6.45, 7) is 9.13. The largest absolute Gasteiger partial charge is 0.444 e. The van der Waals surface area contributed by atoms with Crippen molar-refractivity contribution in [2.45, 2.75) is 52.0 Å². The summed E-state index contributed by atoms with van der Waals surface area (Å²) >= 11 is 1.84. The van der Waals surface area contributed by atoms with E-state index in [1.54, 1.807) is 39.8 Å². The van der Waals surface area contributed by atoms with Crippen LogP contribution < -0.4 is 5.32 Å². The Kier molecular flexibility index (Phi) is 6.94. The lowest BCUT2D eigenvalue weighted by molar-refractivity contribution is 0.0497. The first-order valence-electron chi connectivity index (χ1n) is 7.43. The van der Waals surface area contributed by atoms with Crippen LogP contribution in [0.4, 0.5) is 4.79 Å². The molecule has 0 bridgehead atoms. The Bertz CT molecular complexity index is 506. The molecule has 0 heterocycles. The first kappa shape index (κ1) is 18.6. The number of alkyl carbamates (subject to hydrolysis) is 1. The summed E-state index contributed by atoms with van der Waals surface area (Å²) in [5.74, 6) is 1.88. The van der Waals surface area contributed by atoms with Crippen LogP contribution in [0.15, 0.2) is 24.3 Å². The zero-order valence-electron chi connectivity index (χ0n) is 13.9. The van der Waals surface area contributed by atoms with E-state index < -0.39 is 17.7 Å². The van der Waals surface area contributed by atoms with Gasteiger partial charge in [-0.25, -0.2) is 4.79 Å². The Balaban J connectivity index is 2.61. The average Bonchev–Trinajstić information content (AvgIpc) is 2.42. The minimum absolute atomic E-state index is 0.124. The molecule has 1 unspecified atom stereocenters. The van der Waals surface area contributed by atoms with Gasteiger partial charge in [0.2, 0.25) is 0 Å². The smallest absolute Gasteiger partial charge is 0.408 e. The summed E-state index contributed by atoms with van der Waals surface area (Å²) in [6.07, 6.45) is -0.579. The van der Waals surface area contributed by atoms with Crippen LogP contribution in [0.25, 0.3) is 0 Å². The van der Waals surface area contributed by atoms with Crippen molar-refractivity contribution in [1.82, 2.24) is 5.32 Å². The van der Waals surface area contributed by atoms with E-state index >= 15 is 0 Å². The monoisotopic (exact) mass is 323 g/mol. The molecule has 0 spiro atoms. The molecule has 0 radical (unpaired) electrons. The quantitative estimate of drug-likeness (QED) is 0.803. The van der Waals surface area contributed by atoms with E-state index in [1.807, 2.05) is 23.9 Å². The van der Waals surface area contributed by atoms with Gasteiger partial charge >= 0.3 is 6.09 Å². The van der Waals surface area contributed by atoms with Gasteiger partial charge in [0.15, 0.2) is 5.78 Å². The molecule has 0 aliphatic heterocycles. The van der Waals surface area contributed by atoms with Crippen LogP contribution in [0.2, 0.25) is 0 Å². The van der Waals surface area contributed by atoms with Gasteiger partial charge in [0, 0.05) is 11.3 Å².